The second-order valence-corrected chi connectivity index (χ2v) is 6.84. The van der Waals surface area contributed by atoms with Crippen molar-refractivity contribution in [3.63, 3.8) is 0 Å². The van der Waals surface area contributed by atoms with Crippen LogP contribution in [0.25, 0.3) is 0 Å². The first-order chi connectivity index (χ1) is 11.7. The molecule has 6 heteroatoms. The van der Waals surface area contributed by atoms with E-state index in [-0.39, 0.29) is 18.0 Å². The summed E-state index contributed by atoms with van der Waals surface area (Å²) in [5, 5.41) is 0.583. The Morgan fingerprint density at radius 2 is 1.72 bits per heavy atom. The summed E-state index contributed by atoms with van der Waals surface area (Å²) >= 11 is 5.89. The van der Waals surface area contributed by atoms with Crippen LogP contribution >= 0.6 is 11.6 Å². The third-order valence-electron chi connectivity index (χ3n) is 4.63. The summed E-state index contributed by atoms with van der Waals surface area (Å²) in [6.07, 6.45) is -3.05. The van der Waals surface area contributed by atoms with E-state index in [4.69, 9.17) is 11.6 Å². The number of likely N-dealkylation sites (N-methyl/N-ethyl adjacent to an activating group) is 1. The standard InChI is InChI=1S/C19H17ClF3NO/c1-24(12-13-4-2-3-5-16(13)19(21,22)23)17(25)18(10-11-18)14-6-8-15(20)9-7-14/h2-9H,10-12H2,1H3. The van der Waals surface area contributed by atoms with Crippen LogP contribution in [0.1, 0.15) is 29.5 Å². The lowest BCUT2D eigenvalue weighted by Gasteiger charge is -2.25. The zero-order chi connectivity index (χ0) is 18.2. The van der Waals surface area contributed by atoms with Gasteiger partial charge in [0.1, 0.15) is 0 Å². The lowest BCUT2D eigenvalue weighted by molar-refractivity contribution is -0.140. The number of hydrogen-bond acceptors (Lipinski definition) is 1. The van der Waals surface area contributed by atoms with E-state index in [0.717, 1.165) is 11.6 Å². The Bertz CT molecular complexity index is 782. The van der Waals surface area contributed by atoms with Crippen molar-refractivity contribution in [1.29, 1.82) is 0 Å². The number of benzene rings is 2. The Labute approximate surface area is 149 Å². The summed E-state index contributed by atoms with van der Waals surface area (Å²) in [5.74, 6) is -0.160. The average molecular weight is 368 g/mol. The number of hydrogen-bond donors (Lipinski definition) is 0. The molecule has 0 aromatic heterocycles. The number of carbonyl (C=O) groups excluding carboxylic acids is 1. The molecule has 0 atom stereocenters. The Balaban J connectivity index is 1.82. The summed E-state index contributed by atoms with van der Waals surface area (Å²) in [7, 11) is 1.55. The summed E-state index contributed by atoms with van der Waals surface area (Å²) in [4.78, 5) is 14.3. The van der Waals surface area contributed by atoms with E-state index >= 15 is 0 Å². The van der Waals surface area contributed by atoms with Gasteiger partial charge in [0, 0.05) is 18.6 Å². The van der Waals surface area contributed by atoms with Gasteiger partial charge in [0.15, 0.2) is 0 Å². The lowest BCUT2D eigenvalue weighted by atomic mass is 9.94. The molecule has 25 heavy (non-hydrogen) atoms. The average Bonchev–Trinajstić information content (AvgIpc) is 3.36. The number of nitrogens with zero attached hydrogens (tertiary/aromatic N) is 1. The second-order valence-electron chi connectivity index (χ2n) is 6.41. The molecule has 3 rings (SSSR count). The molecule has 0 saturated heterocycles. The minimum Gasteiger partial charge on any atom is -0.341 e. The Morgan fingerprint density at radius 1 is 1.12 bits per heavy atom. The van der Waals surface area contributed by atoms with Crippen molar-refractivity contribution in [2.45, 2.75) is 31.0 Å². The molecule has 1 saturated carbocycles. The van der Waals surface area contributed by atoms with Crippen molar-refractivity contribution in [3.05, 3.63) is 70.2 Å². The topological polar surface area (TPSA) is 20.3 Å². The molecule has 1 aliphatic rings. The molecule has 0 heterocycles. The summed E-state index contributed by atoms with van der Waals surface area (Å²) in [6, 6.07) is 12.4. The van der Waals surface area contributed by atoms with Crippen LogP contribution in [0.5, 0.6) is 0 Å². The van der Waals surface area contributed by atoms with Crippen LogP contribution < -0.4 is 0 Å². The monoisotopic (exact) mass is 367 g/mol. The van der Waals surface area contributed by atoms with Gasteiger partial charge in [0.2, 0.25) is 5.91 Å². The van der Waals surface area contributed by atoms with Gasteiger partial charge in [-0.15, -0.1) is 0 Å². The van der Waals surface area contributed by atoms with Gasteiger partial charge in [0.05, 0.1) is 11.0 Å². The van der Waals surface area contributed by atoms with Crippen molar-refractivity contribution in [2.24, 2.45) is 0 Å². The van der Waals surface area contributed by atoms with Crippen LogP contribution in [0.15, 0.2) is 48.5 Å². The first-order valence-electron chi connectivity index (χ1n) is 7.91. The van der Waals surface area contributed by atoms with Gasteiger partial charge in [-0.3, -0.25) is 4.79 Å². The van der Waals surface area contributed by atoms with Crippen LogP contribution in [0, 0.1) is 0 Å². The third kappa shape index (κ3) is 3.52. The molecule has 0 aliphatic heterocycles. The van der Waals surface area contributed by atoms with Crippen LogP contribution in [0.4, 0.5) is 13.2 Å². The molecule has 2 aromatic rings. The van der Waals surface area contributed by atoms with E-state index in [1.807, 2.05) is 12.1 Å². The summed E-state index contributed by atoms with van der Waals surface area (Å²) in [6.45, 7) is -0.0795. The molecule has 0 unspecified atom stereocenters. The third-order valence-corrected chi connectivity index (χ3v) is 4.89. The van der Waals surface area contributed by atoms with Gasteiger partial charge < -0.3 is 4.90 Å². The number of carbonyl (C=O) groups is 1. The Hall–Kier alpha value is -2.01. The molecule has 132 valence electrons. The fourth-order valence-electron chi connectivity index (χ4n) is 3.15. The van der Waals surface area contributed by atoms with Gasteiger partial charge >= 0.3 is 6.18 Å². The SMILES string of the molecule is CN(Cc1ccccc1C(F)(F)F)C(=O)C1(c2ccc(Cl)cc2)CC1. The van der Waals surface area contributed by atoms with E-state index in [1.54, 1.807) is 25.2 Å². The minimum absolute atomic E-state index is 0.0795. The van der Waals surface area contributed by atoms with Crippen LogP contribution in [0.3, 0.4) is 0 Å². The largest absolute Gasteiger partial charge is 0.416 e. The highest BCUT2D eigenvalue weighted by Crippen LogP contribution is 2.49. The van der Waals surface area contributed by atoms with Gasteiger partial charge in [0.25, 0.3) is 0 Å². The Morgan fingerprint density at radius 3 is 2.28 bits per heavy atom. The highest BCUT2D eigenvalue weighted by molar-refractivity contribution is 6.30. The van der Waals surface area contributed by atoms with Crippen molar-refractivity contribution < 1.29 is 18.0 Å². The predicted octanol–water partition coefficient (Wildman–Crippen LogP) is 5.05. The maximum atomic E-state index is 13.1. The second kappa shape index (κ2) is 6.37. The zero-order valence-corrected chi connectivity index (χ0v) is 14.4. The highest BCUT2D eigenvalue weighted by Gasteiger charge is 2.52. The fraction of sp³-hybridized carbons (Fsp3) is 0.316. The van der Waals surface area contributed by atoms with E-state index in [2.05, 4.69) is 0 Å². The first-order valence-corrected chi connectivity index (χ1v) is 8.28. The van der Waals surface area contributed by atoms with Crippen LogP contribution in [-0.4, -0.2) is 17.9 Å². The van der Waals surface area contributed by atoms with E-state index < -0.39 is 17.2 Å². The first kappa shape index (κ1) is 17.8. The maximum Gasteiger partial charge on any atom is 0.416 e. The molecular formula is C19H17ClF3NO. The lowest BCUT2D eigenvalue weighted by Crippen LogP contribution is -2.36. The highest BCUT2D eigenvalue weighted by atomic mass is 35.5. The molecule has 0 N–H and O–H groups in total. The van der Waals surface area contributed by atoms with Gasteiger partial charge in [-0.25, -0.2) is 0 Å². The normalized spacial score (nSPS) is 15.7. The molecule has 0 bridgehead atoms. The van der Waals surface area contributed by atoms with E-state index in [0.29, 0.717) is 17.9 Å². The van der Waals surface area contributed by atoms with Crippen LogP contribution in [0.2, 0.25) is 5.02 Å². The molecule has 1 fully saturated rings. The number of rotatable bonds is 4. The van der Waals surface area contributed by atoms with Gasteiger partial charge in [-0.1, -0.05) is 41.9 Å². The number of halogens is 4. The number of amides is 1. The summed E-state index contributed by atoms with van der Waals surface area (Å²) in [5.41, 5.74) is -0.381. The van der Waals surface area contributed by atoms with Crippen molar-refractivity contribution in [3.8, 4) is 0 Å². The molecule has 0 spiro atoms. The number of alkyl halides is 3. The molecular weight excluding hydrogens is 351 g/mol. The van der Waals surface area contributed by atoms with Crippen molar-refractivity contribution in [2.75, 3.05) is 7.05 Å². The molecule has 2 aromatic carbocycles. The predicted molar refractivity (Wildman–Crippen MR) is 90.3 cm³/mol. The molecule has 1 aliphatic carbocycles. The van der Waals surface area contributed by atoms with Gasteiger partial charge in [-0.2, -0.15) is 13.2 Å². The maximum absolute atomic E-state index is 13.1. The summed E-state index contributed by atoms with van der Waals surface area (Å²) < 4.78 is 39.4. The molecule has 2 nitrogen and oxygen atoms in total. The van der Waals surface area contributed by atoms with Crippen molar-refractivity contribution in [1.82, 2.24) is 4.90 Å². The fourth-order valence-corrected chi connectivity index (χ4v) is 3.27. The molecule has 1 amide bonds. The quantitative estimate of drug-likeness (QED) is 0.740. The van der Waals surface area contributed by atoms with E-state index in [1.165, 1.54) is 17.0 Å². The smallest absolute Gasteiger partial charge is 0.341 e. The zero-order valence-electron chi connectivity index (χ0n) is 13.6. The molecule has 0 radical (unpaired) electrons. The minimum atomic E-state index is -4.44. The van der Waals surface area contributed by atoms with Gasteiger partial charge in [-0.05, 0) is 42.2 Å². The van der Waals surface area contributed by atoms with Crippen LogP contribution in [-0.2, 0) is 22.9 Å². The van der Waals surface area contributed by atoms with Crippen molar-refractivity contribution >= 4 is 17.5 Å². The van der Waals surface area contributed by atoms with E-state index in [9.17, 15) is 18.0 Å². The Kier molecular flexibility index (Phi) is 4.54.